The summed E-state index contributed by atoms with van der Waals surface area (Å²) in [4.78, 5) is 15.5. The van der Waals surface area contributed by atoms with Crippen LogP contribution in [0.4, 0.5) is 18.9 Å². The minimum Gasteiger partial charge on any atom is -0.490 e. The molecule has 0 saturated carbocycles. The zero-order valence-electron chi connectivity index (χ0n) is 11.9. The molecule has 5 nitrogen and oxygen atoms in total. The molecule has 1 amide bonds. The second-order valence-electron chi connectivity index (χ2n) is 4.43. The molecule has 2 rings (SSSR count). The number of para-hydroxylation sites is 2. The van der Waals surface area contributed by atoms with E-state index in [2.05, 4.69) is 10.3 Å². The second kappa shape index (κ2) is 7.91. The maximum Gasteiger partial charge on any atom is 0.442 e. The van der Waals surface area contributed by atoms with E-state index in [1.807, 2.05) is 4.57 Å². The number of nitrogens with one attached hydrogen (secondary N) is 1. The Morgan fingerprint density at radius 2 is 2.13 bits per heavy atom. The molecule has 1 aromatic heterocycles. The highest BCUT2D eigenvalue weighted by Gasteiger charge is 2.29. The number of hydrogen-bond donors (Lipinski definition) is 1. The number of imidazole rings is 1. The van der Waals surface area contributed by atoms with Gasteiger partial charge in [0.2, 0.25) is 5.91 Å². The van der Waals surface area contributed by atoms with Crippen molar-refractivity contribution in [3.63, 3.8) is 0 Å². The average molecular weight is 345 g/mol. The Morgan fingerprint density at radius 1 is 1.35 bits per heavy atom. The van der Waals surface area contributed by atoms with Crippen LogP contribution in [0.1, 0.15) is 0 Å². The number of thioether (sulfide) groups is 1. The summed E-state index contributed by atoms with van der Waals surface area (Å²) in [6.45, 7) is 0.896. The van der Waals surface area contributed by atoms with E-state index >= 15 is 0 Å². The smallest absolute Gasteiger partial charge is 0.442 e. The molecule has 9 heteroatoms. The first-order chi connectivity index (χ1) is 10.9. The first-order valence-electron chi connectivity index (χ1n) is 6.62. The third kappa shape index (κ3) is 6.23. The summed E-state index contributed by atoms with van der Waals surface area (Å²) < 4.78 is 43.6. The van der Waals surface area contributed by atoms with Crippen molar-refractivity contribution in [3.8, 4) is 5.75 Å². The van der Waals surface area contributed by atoms with Gasteiger partial charge in [-0.05, 0) is 23.9 Å². The molecule has 0 radical (unpaired) electrons. The number of halogens is 3. The van der Waals surface area contributed by atoms with Crippen LogP contribution < -0.4 is 10.1 Å². The predicted molar refractivity (Wildman–Crippen MR) is 81.3 cm³/mol. The normalized spacial score (nSPS) is 11.3. The lowest BCUT2D eigenvalue weighted by atomic mass is 10.3. The summed E-state index contributed by atoms with van der Waals surface area (Å²) in [5, 5.41) is 2.42. The standard InChI is InChI=1S/C14H14F3N3O2S/c15-14(16,17)23-9-13(21)19-11-3-1-2-4-12(11)22-8-7-20-6-5-18-10-20/h1-6,10H,7-9H2,(H,19,21). The van der Waals surface area contributed by atoms with Crippen molar-refractivity contribution in [2.45, 2.75) is 12.1 Å². The Bertz CT molecular complexity index is 632. The molecule has 0 saturated heterocycles. The lowest BCUT2D eigenvalue weighted by Gasteiger charge is -2.13. The van der Waals surface area contributed by atoms with E-state index in [4.69, 9.17) is 4.74 Å². The largest absolute Gasteiger partial charge is 0.490 e. The van der Waals surface area contributed by atoms with Crippen LogP contribution in [0.2, 0.25) is 0 Å². The number of ether oxygens (including phenoxy) is 1. The fourth-order valence-electron chi connectivity index (χ4n) is 1.71. The van der Waals surface area contributed by atoms with Crippen molar-refractivity contribution in [2.75, 3.05) is 17.7 Å². The molecule has 2 aromatic rings. The van der Waals surface area contributed by atoms with Crippen molar-refractivity contribution in [3.05, 3.63) is 43.0 Å². The average Bonchev–Trinajstić information content (AvgIpc) is 3.00. The first-order valence-corrected chi connectivity index (χ1v) is 7.61. The van der Waals surface area contributed by atoms with E-state index in [0.29, 0.717) is 24.6 Å². The lowest BCUT2D eigenvalue weighted by Crippen LogP contribution is -2.18. The summed E-state index contributed by atoms with van der Waals surface area (Å²) in [5.74, 6) is -1.04. The molecule has 0 fully saturated rings. The van der Waals surface area contributed by atoms with E-state index in [1.165, 1.54) is 0 Å². The van der Waals surface area contributed by atoms with Crippen molar-refractivity contribution in [1.29, 1.82) is 0 Å². The topological polar surface area (TPSA) is 56.1 Å². The predicted octanol–water partition coefficient (Wildman–Crippen LogP) is 3.15. The molecule has 0 unspecified atom stereocenters. The number of hydrogen-bond acceptors (Lipinski definition) is 4. The Balaban J connectivity index is 1.87. The Kier molecular flexibility index (Phi) is 5.91. The zero-order valence-corrected chi connectivity index (χ0v) is 12.7. The van der Waals surface area contributed by atoms with E-state index in [1.54, 1.807) is 43.0 Å². The van der Waals surface area contributed by atoms with Gasteiger partial charge in [0.15, 0.2) is 0 Å². The molecule has 0 aliphatic heterocycles. The Labute approximate surface area is 134 Å². The van der Waals surface area contributed by atoms with Gasteiger partial charge in [0, 0.05) is 12.4 Å². The van der Waals surface area contributed by atoms with E-state index < -0.39 is 17.2 Å². The van der Waals surface area contributed by atoms with Gasteiger partial charge in [0.1, 0.15) is 12.4 Å². The van der Waals surface area contributed by atoms with Gasteiger partial charge in [-0.1, -0.05) is 12.1 Å². The lowest BCUT2D eigenvalue weighted by molar-refractivity contribution is -0.114. The van der Waals surface area contributed by atoms with Crippen molar-refractivity contribution in [1.82, 2.24) is 9.55 Å². The maximum absolute atomic E-state index is 12.1. The number of carbonyl (C=O) groups is 1. The van der Waals surface area contributed by atoms with Gasteiger partial charge in [-0.15, -0.1) is 0 Å². The Hall–Kier alpha value is -2.16. The number of anilines is 1. The highest BCUT2D eigenvalue weighted by atomic mass is 32.2. The quantitative estimate of drug-likeness (QED) is 0.838. The molecule has 0 atom stereocenters. The number of nitrogens with zero attached hydrogens (tertiary/aromatic N) is 2. The third-order valence-corrected chi connectivity index (χ3v) is 3.43. The minimum atomic E-state index is -4.43. The second-order valence-corrected chi connectivity index (χ2v) is 5.47. The third-order valence-electron chi connectivity index (χ3n) is 2.69. The van der Waals surface area contributed by atoms with Crippen LogP contribution in [0.3, 0.4) is 0 Å². The molecular weight excluding hydrogens is 331 g/mol. The highest BCUT2D eigenvalue weighted by Crippen LogP contribution is 2.30. The van der Waals surface area contributed by atoms with E-state index in [-0.39, 0.29) is 11.8 Å². The van der Waals surface area contributed by atoms with Gasteiger partial charge in [0.25, 0.3) is 0 Å². The van der Waals surface area contributed by atoms with Crippen LogP contribution in [0.25, 0.3) is 0 Å². The molecule has 1 N–H and O–H groups in total. The number of rotatable bonds is 7. The van der Waals surface area contributed by atoms with Crippen LogP contribution in [0.15, 0.2) is 43.0 Å². The molecule has 124 valence electrons. The molecule has 23 heavy (non-hydrogen) atoms. The summed E-state index contributed by atoms with van der Waals surface area (Å²) in [5.41, 5.74) is -4.09. The van der Waals surface area contributed by atoms with Gasteiger partial charge < -0.3 is 14.6 Å². The van der Waals surface area contributed by atoms with Crippen molar-refractivity contribution in [2.24, 2.45) is 0 Å². The number of amides is 1. The van der Waals surface area contributed by atoms with Crippen LogP contribution in [-0.2, 0) is 11.3 Å². The van der Waals surface area contributed by atoms with Gasteiger partial charge in [-0.2, -0.15) is 13.2 Å². The molecule has 0 aliphatic rings. The van der Waals surface area contributed by atoms with Gasteiger partial charge in [0.05, 0.1) is 24.3 Å². The highest BCUT2D eigenvalue weighted by molar-refractivity contribution is 8.00. The first kappa shape index (κ1) is 17.2. The molecule has 0 aliphatic carbocycles. The van der Waals surface area contributed by atoms with Crippen molar-refractivity contribution < 1.29 is 22.7 Å². The zero-order chi connectivity index (χ0) is 16.7. The SMILES string of the molecule is O=C(CSC(F)(F)F)Nc1ccccc1OCCn1ccnc1. The number of aromatic nitrogens is 2. The summed E-state index contributed by atoms with van der Waals surface area (Å²) in [6, 6.07) is 6.59. The molecule has 0 spiro atoms. The van der Waals surface area contributed by atoms with E-state index in [0.717, 1.165) is 0 Å². The van der Waals surface area contributed by atoms with Crippen LogP contribution in [0, 0.1) is 0 Å². The minimum absolute atomic E-state index is 0.334. The monoisotopic (exact) mass is 345 g/mol. The van der Waals surface area contributed by atoms with Gasteiger partial charge in [-0.25, -0.2) is 4.98 Å². The summed E-state index contributed by atoms with van der Waals surface area (Å²) in [6.07, 6.45) is 5.07. The number of alkyl halides is 3. The van der Waals surface area contributed by atoms with Gasteiger partial charge >= 0.3 is 5.51 Å². The fourth-order valence-corrected chi connectivity index (χ4v) is 2.08. The number of carbonyl (C=O) groups excluding carboxylic acids is 1. The number of benzene rings is 1. The fraction of sp³-hybridized carbons (Fsp3) is 0.286. The summed E-state index contributed by atoms with van der Waals surface area (Å²) >= 11 is -0.380. The Morgan fingerprint density at radius 3 is 2.83 bits per heavy atom. The van der Waals surface area contributed by atoms with Crippen LogP contribution in [-0.4, -0.2) is 33.3 Å². The van der Waals surface area contributed by atoms with Crippen LogP contribution >= 0.6 is 11.8 Å². The van der Waals surface area contributed by atoms with Crippen molar-refractivity contribution >= 4 is 23.4 Å². The maximum atomic E-state index is 12.1. The molecule has 1 aromatic carbocycles. The van der Waals surface area contributed by atoms with Gasteiger partial charge in [-0.3, -0.25) is 4.79 Å². The summed E-state index contributed by atoms with van der Waals surface area (Å²) in [7, 11) is 0. The molecule has 0 bridgehead atoms. The molecular formula is C14H14F3N3O2S. The van der Waals surface area contributed by atoms with Crippen LogP contribution in [0.5, 0.6) is 5.75 Å². The van der Waals surface area contributed by atoms with E-state index in [9.17, 15) is 18.0 Å². The molecule has 1 heterocycles.